The van der Waals surface area contributed by atoms with Crippen LogP contribution < -0.4 is 10.6 Å². The molecule has 0 saturated heterocycles. The molecule has 1 aromatic heterocycles. The Morgan fingerprint density at radius 2 is 1.61 bits per heavy atom. The zero-order valence-corrected chi connectivity index (χ0v) is 12.8. The lowest BCUT2D eigenvalue weighted by Gasteiger charge is -2.09. The molecule has 0 radical (unpaired) electrons. The van der Waals surface area contributed by atoms with E-state index in [9.17, 15) is 4.79 Å². The third-order valence-corrected chi connectivity index (χ3v) is 3.45. The summed E-state index contributed by atoms with van der Waals surface area (Å²) in [5.41, 5.74) is 4.15. The first-order chi connectivity index (χ1) is 11.2. The van der Waals surface area contributed by atoms with Gasteiger partial charge in [-0.05, 0) is 42.8 Å². The Morgan fingerprint density at radius 3 is 2.30 bits per heavy atom. The molecule has 0 spiro atoms. The van der Waals surface area contributed by atoms with Crippen LogP contribution in [0.25, 0.3) is 0 Å². The lowest BCUT2D eigenvalue weighted by Crippen LogP contribution is -2.13. The predicted molar refractivity (Wildman–Crippen MR) is 93.1 cm³/mol. The molecule has 4 nitrogen and oxygen atoms in total. The van der Waals surface area contributed by atoms with Crippen molar-refractivity contribution in [3.05, 3.63) is 84.2 Å². The molecule has 0 aliphatic carbocycles. The first-order valence-corrected chi connectivity index (χ1v) is 7.37. The fourth-order valence-electron chi connectivity index (χ4n) is 2.19. The molecular formula is C19H17N3O. The Bertz CT molecular complexity index is 798. The third kappa shape index (κ3) is 3.74. The predicted octanol–water partition coefficient (Wildman–Crippen LogP) is 4.39. The molecule has 3 rings (SSSR count). The molecule has 0 aliphatic rings. The number of benzene rings is 2. The number of rotatable bonds is 4. The van der Waals surface area contributed by atoms with Crippen LogP contribution >= 0.6 is 0 Å². The monoisotopic (exact) mass is 303 g/mol. The Balaban J connectivity index is 1.69. The van der Waals surface area contributed by atoms with Crippen LogP contribution in [-0.4, -0.2) is 10.9 Å². The second-order valence-electron chi connectivity index (χ2n) is 5.19. The second kappa shape index (κ2) is 6.75. The van der Waals surface area contributed by atoms with E-state index in [0.29, 0.717) is 5.69 Å². The van der Waals surface area contributed by atoms with Crippen molar-refractivity contribution in [2.45, 2.75) is 6.92 Å². The van der Waals surface area contributed by atoms with Crippen molar-refractivity contribution in [1.82, 2.24) is 4.98 Å². The van der Waals surface area contributed by atoms with E-state index >= 15 is 0 Å². The van der Waals surface area contributed by atoms with E-state index in [-0.39, 0.29) is 5.91 Å². The number of nitrogens with zero attached hydrogens (tertiary/aromatic N) is 1. The number of hydrogen-bond acceptors (Lipinski definition) is 3. The van der Waals surface area contributed by atoms with Gasteiger partial charge in [0.1, 0.15) is 5.69 Å². The van der Waals surface area contributed by atoms with Gasteiger partial charge in [0.2, 0.25) is 0 Å². The topological polar surface area (TPSA) is 54.0 Å². The van der Waals surface area contributed by atoms with Crippen molar-refractivity contribution in [1.29, 1.82) is 0 Å². The van der Waals surface area contributed by atoms with Crippen molar-refractivity contribution in [2.75, 3.05) is 10.6 Å². The van der Waals surface area contributed by atoms with E-state index in [1.54, 1.807) is 12.3 Å². The largest absolute Gasteiger partial charge is 0.354 e. The molecule has 0 bridgehead atoms. The summed E-state index contributed by atoms with van der Waals surface area (Å²) in [4.78, 5) is 16.4. The number of amides is 1. The average Bonchev–Trinajstić information content (AvgIpc) is 2.58. The number of para-hydroxylation sites is 2. The van der Waals surface area contributed by atoms with Gasteiger partial charge in [-0.2, -0.15) is 0 Å². The molecule has 0 saturated carbocycles. The van der Waals surface area contributed by atoms with Gasteiger partial charge < -0.3 is 10.6 Å². The number of carbonyl (C=O) groups is 1. The molecular weight excluding hydrogens is 286 g/mol. The first-order valence-electron chi connectivity index (χ1n) is 7.37. The Kier molecular flexibility index (Phi) is 4.34. The zero-order chi connectivity index (χ0) is 16.1. The molecule has 4 heteroatoms. The maximum Gasteiger partial charge on any atom is 0.274 e. The molecule has 1 heterocycles. The van der Waals surface area contributed by atoms with Crippen LogP contribution in [0.3, 0.4) is 0 Å². The summed E-state index contributed by atoms with van der Waals surface area (Å²) in [5, 5.41) is 6.11. The fraction of sp³-hybridized carbons (Fsp3) is 0.0526. The van der Waals surface area contributed by atoms with E-state index in [1.165, 1.54) is 0 Å². The summed E-state index contributed by atoms with van der Waals surface area (Å²) in [5.74, 6) is -0.223. The molecule has 0 fully saturated rings. The summed E-state index contributed by atoms with van der Waals surface area (Å²) in [6.45, 7) is 2.04. The highest BCUT2D eigenvalue weighted by atomic mass is 16.1. The molecule has 3 aromatic rings. The standard InChI is InChI=1S/C19H17N3O/c1-14-7-5-6-10-17(14)21-16-11-12-18(20-13-16)19(23)22-15-8-3-2-4-9-15/h2-13,21H,1H3,(H,22,23). The van der Waals surface area contributed by atoms with Gasteiger partial charge in [-0.25, -0.2) is 4.98 Å². The third-order valence-electron chi connectivity index (χ3n) is 3.45. The van der Waals surface area contributed by atoms with E-state index in [1.807, 2.05) is 67.6 Å². The summed E-state index contributed by atoms with van der Waals surface area (Å²) >= 11 is 0. The minimum Gasteiger partial charge on any atom is -0.354 e. The smallest absolute Gasteiger partial charge is 0.274 e. The highest BCUT2D eigenvalue weighted by molar-refractivity contribution is 6.02. The average molecular weight is 303 g/mol. The number of aryl methyl sites for hydroxylation is 1. The SMILES string of the molecule is Cc1ccccc1Nc1ccc(C(=O)Nc2ccccc2)nc1. The van der Waals surface area contributed by atoms with E-state index in [2.05, 4.69) is 15.6 Å². The van der Waals surface area contributed by atoms with Gasteiger partial charge in [-0.15, -0.1) is 0 Å². The molecule has 1 amide bonds. The number of aromatic nitrogens is 1. The summed E-state index contributed by atoms with van der Waals surface area (Å²) in [6.07, 6.45) is 1.66. The fourth-order valence-corrected chi connectivity index (χ4v) is 2.19. The van der Waals surface area contributed by atoms with Crippen LogP contribution in [-0.2, 0) is 0 Å². The van der Waals surface area contributed by atoms with Gasteiger partial charge >= 0.3 is 0 Å². The summed E-state index contributed by atoms with van der Waals surface area (Å²) in [6, 6.07) is 20.9. The number of carbonyl (C=O) groups excluding carboxylic acids is 1. The van der Waals surface area contributed by atoms with Crippen molar-refractivity contribution < 1.29 is 4.79 Å². The number of nitrogens with one attached hydrogen (secondary N) is 2. The van der Waals surface area contributed by atoms with Gasteiger partial charge in [-0.3, -0.25) is 4.79 Å². The van der Waals surface area contributed by atoms with Crippen LogP contribution in [0.15, 0.2) is 72.9 Å². The van der Waals surface area contributed by atoms with Crippen molar-refractivity contribution in [3.8, 4) is 0 Å². The van der Waals surface area contributed by atoms with Gasteiger partial charge in [-0.1, -0.05) is 36.4 Å². The molecule has 0 aliphatic heterocycles. The van der Waals surface area contributed by atoms with E-state index < -0.39 is 0 Å². The number of anilines is 3. The molecule has 23 heavy (non-hydrogen) atoms. The van der Waals surface area contributed by atoms with Gasteiger partial charge in [0.25, 0.3) is 5.91 Å². The van der Waals surface area contributed by atoms with Gasteiger partial charge in [0, 0.05) is 11.4 Å². The maximum atomic E-state index is 12.1. The quantitative estimate of drug-likeness (QED) is 0.751. The van der Waals surface area contributed by atoms with Gasteiger partial charge in [0.15, 0.2) is 0 Å². The lowest BCUT2D eigenvalue weighted by atomic mass is 10.2. The molecule has 0 unspecified atom stereocenters. The molecule has 0 atom stereocenters. The first kappa shape index (κ1) is 14.8. The second-order valence-corrected chi connectivity index (χ2v) is 5.19. The Labute approximate surface area is 135 Å². The highest BCUT2D eigenvalue weighted by Crippen LogP contribution is 2.19. The summed E-state index contributed by atoms with van der Waals surface area (Å²) < 4.78 is 0. The Hall–Kier alpha value is -3.14. The van der Waals surface area contributed by atoms with Crippen LogP contribution in [0, 0.1) is 6.92 Å². The highest BCUT2D eigenvalue weighted by Gasteiger charge is 2.07. The number of hydrogen-bond donors (Lipinski definition) is 2. The van der Waals surface area contributed by atoms with Crippen LogP contribution in [0.2, 0.25) is 0 Å². The van der Waals surface area contributed by atoms with Crippen LogP contribution in [0.4, 0.5) is 17.1 Å². The number of pyridine rings is 1. The van der Waals surface area contributed by atoms with Gasteiger partial charge in [0.05, 0.1) is 11.9 Å². The van der Waals surface area contributed by atoms with Crippen LogP contribution in [0.1, 0.15) is 16.1 Å². The minimum atomic E-state index is -0.223. The minimum absolute atomic E-state index is 0.223. The van der Waals surface area contributed by atoms with Crippen molar-refractivity contribution in [2.24, 2.45) is 0 Å². The van der Waals surface area contributed by atoms with Crippen molar-refractivity contribution >= 4 is 23.0 Å². The molecule has 114 valence electrons. The van der Waals surface area contributed by atoms with Crippen molar-refractivity contribution in [3.63, 3.8) is 0 Å². The molecule has 2 N–H and O–H groups in total. The molecule has 2 aromatic carbocycles. The maximum absolute atomic E-state index is 12.1. The Morgan fingerprint density at radius 1 is 0.870 bits per heavy atom. The van der Waals surface area contributed by atoms with E-state index in [0.717, 1.165) is 22.6 Å². The lowest BCUT2D eigenvalue weighted by molar-refractivity contribution is 0.102. The van der Waals surface area contributed by atoms with Crippen LogP contribution in [0.5, 0.6) is 0 Å². The normalized spacial score (nSPS) is 10.1. The zero-order valence-electron chi connectivity index (χ0n) is 12.8. The summed E-state index contributed by atoms with van der Waals surface area (Å²) in [7, 11) is 0. The van der Waals surface area contributed by atoms with E-state index in [4.69, 9.17) is 0 Å².